The van der Waals surface area contributed by atoms with E-state index in [1.54, 1.807) is 0 Å². The molecular formula is C32H26N2O2. The number of aromatic hydroxyl groups is 2. The van der Waals surface area contributed by atoms with E-state index >= 15 is 0 Å². The Morgan fingerprint density at radius 3 is 1.33 bits per heavy atom. The minimum Gasteiger partial charge on any atom is -0.507 e. The average molecular weight is 471 g/mol. The van der Waals surface area contributed by atoms with Gasteiger partial charge in [0.2, 0.25) is 0 Å². The van der Waals surface area contributed by atoms with Crippen LogP contribution in [0.5, 0.6) is 11.5 Å². The molecule has 0 saturated carbocycles. The molecule has 5 aromatic carbocycles. The van der Waals surface area contributed by atoms with Gasteiger partial charge in [-0.05, 0) is 35.1 Å². The predicted octanol–water partition coefficient (Wildman–Crippen LogP) is 5.71. The summed E-state index contributed by atoms with van der Waals surface area (Å²) in [5.74, 6) is 0.632. The SMILES string of the molecule is Oc1c2ccccc2c(O)c2c3c(c4c(c12)=NCCC4c1ccccc1)C(c1ccccc1)CCN=3. The molecule has 2 aliphatic rings. The number of rotatable bonds is 2. The molecule has 2 unspecified atom stereocenters. The zero-order valence-corrected chi connectivity index (χ0v) is 19.9. The summed E-state index contributed by atoms with van der Waals surface area (Å²) in [4.78, 5) is 10.1. The Balaban J connectivity index is 1.70. The normalized spacial score (nSPS) is 18.8. The molecule has 7 rings (SSSR count). The lowest BCUT2D eigenvalue weighted by Crippen LogP contribution is -2.34. The molecule has 0 aromatic heterocycles. The summed E-state index contributed by atoms with van der Waals surface area (Å²) in [7, 11) is 0. The lowest BCUT2D eigenvalue weighted by atomic mass is 9.75. The summed E-state index contributed by atoms with van der Waals surface area (Å²) in [6.07, 6.45) is 1.80. The first-order chi connectivity index (χ1) is 17.7. The molecule has 176 valence electrons. The van der Waals surface area contributed by atoms with Crippen molar-refractivity contribution in [2.45, 2.75) is 24.7 Å². The average Bonchev–Trinajstić information content (AvgIpc) is 2.95. The lowest BCUT2D eigenvalue weighted by molar-refractivity contribution is 0.477. The van der Waals surface area contributed by atoms with Crippen LogP contribution in [0, 0.1) is 0 Å². The van der Waals surface area contributed by atoms with Gasteiger partial charge in [-0.3, -0.25) is 9.98 Å². The molecule has 36 heavy (non-hydrogen) atoms. The molecule has 0 amide bonds. The molecule has 0 aliphatic carbocycles. The predicted molar refractivity (Wildman–Crippen MR) is 143 cm³/mol. The third-order valence-corrected chi connectivity index (χ3v) is 7.91. The summed E-state index contributed by atoms with van der Waals surface area (Å²) in [6.45, 7) is 1.33. The maximum absolute atomic E-state index is 11.6. The standard InChI is InChI=1S/C32H26N2O2/c35-31-23-13-7-8-14-24(23)32(36)28-27(31)29-25(21(15-17-33-29)19-9-3-1-4-10-19)26-22(16-18-34-30(26)28)20-11-5-2-6-12-20/h1-14,21-22,35-36H,15-18H2. The van der Waals surface area contributed by atoms with Gasteiger partial charge >= 0.3 is 0 Å². The quantitative estimate of drug-likeness (QED) is 0.256. The highest BCUT2D eigenvalue weighted by Crippen LogP contribution is 2.43. The van der Waals surface area contributed by atoms with Crippen LogP contribution in [0.1, 0.15) is 46.9 Å². The fourth-order valence-electron chi connectivity index (χ4n) is 6.36. The van der Waals surface area contributed by atoms with Gasteiger partial charge in [-0.25, -0.2) is 0 Å². The zero-order chi connectivity index (χ0) is 24.2. The molecule has 4 nitrogen and oxygen atoms in total. The molecule has 2 N–H and O–H groups in total. The van der Waals surface area contributed by atoms with Gasteiger partial charge in [-0.2, -0.15) is 0 Å². The van der Waals surface area contributed by atoms with Gasteiger partial charge in [0.1, 0.15) is 11.5 Å². The van der Waals surface area contributed by atoms with Gasteiger partial charge in [0, 0.05) is 35.7 Å². The zero-order valence-electron chi connectivity index (χ0n) is 19.9. The number of hydrogen-bond acceptors (Lipinski definition) is 4. The van der Waals surface area contributed by atoms with Crippen LogP contribution in [0.3, 0.4) is 0 Å². The summed E-state index contributed by atoms with van der Waals surface area (Å²) < 4.78 is 0. The van der Waals surface area contributed by atoms with Gasteiger partial charge in [0.15, 0.2) is 0 Å². The first-order valence-electron chi connectivity index (χ1n) is 12.6. The number of phenols is 2. The molecule has 0 bridgehead atoms. The van der Waals surface area contributed by atoms with E-state index in [1.807, 2.05) is 36.4 Å². The van der Waals surface area contributed by atoms with Gasteiger partial charge in [-0.1, -0.05) is 84.9 Å². The van der Waals surface area contributed by atoms with Crippen LogP contribution in [0.2, 0.25) is 0 Å². The van der Waals surface area contributed by atoms with E-state index in [1.165, 1.54) is 11.1 Å². The summed E-state index contributed by atoms with van der Waals surface area (Å²) >= 11 is 0. The fourth-order valence-corrected chi connectivity index (χ4v) is 6.36. The minimum absolute atomic E-state index is 0.143. The van der Waals surface area contributed by atoms with Crippen LogP contribution >= 0.6 is 0 Å². The topological polar surface area (TPSA) is 65.2 Å². The van der Waals surface area contributed by atoms with E-state index in [4.69, 9.17) is 9.98 Å². The van der Waals surface area contributed by atoms with E-state index in [2.05, 4.69) is 48.5 Å². The molecule has 2 atom stereocenters. The number of phenolic OH excluding ortho intramolecular Hbond substituents is 2. The van der Waals surface area contributed by atoms with Crippen LogP contribution in [0.4, 0.5) is 0 Å². The third-order valence-electron chi connectivity index (χ3n) is 7.91. The van der Waals surface area contributed by atoms with Crippen molar-refractivity contribution in [3.63, 3.8) is 0 Å². The maximum atomic E-state index is 11.6. The van der Waals surface area contributed by atoms with Crippen LogP contribution in [0.25, 0.3) is 21.5 Å². The fraction of sp³-hybridized carbons (Fsp3) is 0.188. The molecule has 4 heteroatoms. The van der Waals surface area contributed by atoms with Crippen molar-refractivity contribution in [3.05, 3.63) is 118 Å². The summed E-state index contributed by atoms with van der Waals surface area (Å²) in [6, 6.07) is 28.7. The van der Waals surface area contributed by atoms with Gasteiger partial charge in [-0.15, -0.1) is 0 Å². The van der Waals surface area contributed by atoms with E-state index in [-0.39, 0.29) is 23.3 Å². The van der Waals surface area contributed by atoms with Crippen molar-refractivity contribution in [2.24, 2.45) is 9.98 Å². The number of hydrogen-bond donors (Lipinski definition) is 2. The monoisotopic (exact) mass is 470 g/mol. The van der Waals surface area contributed by atoms with E-state index in [0.717, 1.165) is 34.7 Å². The smallest absolute Gasteiger partial charge is 0.133 e. The highest BCUT2D eigenvalue weighted by molar-refractivity contribution is 6.10. The largest absolute Gasteiger partial charge is 0.507 e. The Hall–Kier alpha value is -4.18. The second-order valence-electron chi connectivity index (χ2n) is 9.78. The second-order valence-corrected chi connectivity index (χ2v) is 9.78. The number of nitrogens with zero attached hydrogens (tertiary/aromatic N) is 2. The molecule has 0 fully saturated rings. The van der Waals surface area contributed by atoms with Gasteiger partial charge < -0.3 is 10.2 Å². The first-order valence-corrected chi connectivity index (χ1v) is 12.6. The van der Waals surface area contributed by atoms with Crippen LogP contribution in [-0.2, 0) is 0 Å². The van der Waals surface area contributed by atoms with Crippen molar-refractivity contribution in [1.82, 2.24) is 0 Å². The van der Waals surface area contributed by atoms with Crippen LogP contribution in [0.15, 0.2) is 94.9 Å². The minimum atomic E-state index is 0.143. The Morgan fingerprint density at radius 2 is 0.917 bits per heavy atom. The van der Waals surface area contributed by atoms with E-state index in [0.29, 0.717) is 34.6 Å². The second kappa shape index (κ2) is 8.20. The van der Waals surface area contributed by atoms with Crippen molar-refractivity contribution in [1.29, 1.82) is 0 Å². The summed E-state index contributed by atoms with van der Waals surface area (Å²) in [5, 5.41) is 27.4. The van der Waals surface area contributed by atoms with Gasteiger partial charge in [0.25, 0.3) is 0 Å². The molecule has 5 aromatic rings. The van der Waals surface area contributed by atoms with Crippen molar-refractivity contribution < 1.29 is 10.2 Å². The number of benzene rings is 5. The van der Waals surface area contributed by atoms with Crippen LogP contribution in [-0.4, -0.2) is 23.3 Å². The van der Waals surface area contributed by atoms with Gasteiger partial charge in [0.05, 0.1) is 21.5 Å². The van der Waals surface area contributed by atoms with Crippen molar-refractivity contribution >= 4 is 21.5 Å². The maximum Gasteiger partial charge on any atom is 0.133 e. The van der Waals surface area contributed by atoms with E-state index in [9.17, 15) is 10.2 Å². The van der Waals surface area contributed by atoms with Crippen LogP contribution < -0.4 is 10.7 Å². The lowest BCUT2D eigenvalue weighted by Gasteiger charge is -2.31. The number of fused-ring (bicyclic) bond motifs is 7. The highest BCUT2D eigenvalue weighted by atomic mass is 16.3. The molecule has 2 aliphatic heterocycles. The molecule has 0 spiro atoms. The Kier molecular flexibility index (Phi) is 4.81. The Labute approximate surface area is 208 Å². The molecule has 2 heterocycles. The van der Waals surface area contributed by atoms with E-state index < -0.39 is 0 Å². The highest BCUT2D eigenvalue weighted by Gasteiger charge is 2.33. The van der Waals surface area contributed by atoms with Crippen molar-refractivity contribution in [3.8, 4) is 11.5 Å². The van der Waals surface area contributed by atoms with Crippen molar-refractivity contribution in [2.75, 3.05) is 13.1 Å². The summed E-state index contributed by atoms with van der Waals surface area (Å²) in [5.41, 5.74) is 4.80. The Bertz CT molecular complexity index is 1630. The molecule has 0 radical (unpaired) electrons. The molecule has 0 saturated heterocycles. The molecular weight excluding hydrogens is 444 g/mol. The third kappa shape index (κ3) is 3.00. The Morgan fingerprint density at radius 1 is 0.528 bits per heavy atom. The first kappa shape index (κ1) is 21.1.